The first kappa shape index (κ1) is 23.6. The summed E-state index contributed by atoms with van der Waals surface area (Å²) in [6.07, 6.45) is 2.43. The zero-order valence-electron chi connectivity index (χ0n) is 19.4. The Morgan fingerprint density at radius 2 is 1.88 bits per heavy atom. The minimum absolute atomic E-state index is 0.0466. The van der Waals surface area contributed by atoms with Gasteiger partial charge in [0.05, 0.1) is 25.8 Å². The Morgan fingerprint density at radius 1 is 1.12 bits per heavy atom. The fraction of sp³-hybridized carbons (Fsp3) is 0.259. The maximum Gasteiger partial charge on any atom is 0.258 e. The van der Waals surface area contributed by atoms with Gasteiger partial charge in [-0.2, -0.15) is 0 Å². The Balaban J connectivity index is 1.62. The molecule has 1 aromatic heterocycles. The molecule has 1 atom stereocenters. The molecule has 4 rings (SSSR count). The van der Waals surface area contributed by atoms with Crippen LogP contribution in [-0.4, -0.2) is 55.5 Å². The van der Waals surface area contributed by atoms with Gasteiger partial charge in [0, 0.05) is 18.0 Å². The van der Waals surface area contributed by atoms with Gasteiger partial charge in [-0.15, -0.1) is 17.9 Å². The van der Waals surface area contributed by atoms with E-state index in [4.69, 9.17) is 9.47 Å². The van der Waals surface area contributed by atoms with E-state index in [-0.39, 0.29) is 30.9 Å². The van der Waals surface area contributed by atoms with Crippen molar-refractivity contribution in [2.45, 2.75) is 12.5 Å². The Bertz CT molecular complexity index is 1170. The molecule has 0 saturated carbocycles. The van der Waals surface area contributed by atoms with Crippen molar-refractivity contribution in [1.82, 2.24) is 9.80 Å². The predicted molar refractivity (Wildman–Crippen MR) is 134 cm³/mol. The van der Waals surface area contributed by atoms with Crippen LogP contribution in [0.1, 0.15) is 32.4 Å². The van der Waals surface area contributed by atoms with Crippen LogP contribution in [0.5, 0.6) is 11.5 Å². The number of hydrogen-bond donors (Lipinski definition) is 0. The highest BCUT2D eigenvalue weighted by molar-refractivity contribution is 7.10. The molecule has 176 valence electrons. The van der Waals surface area contributed by atoms with Crippen LogP contribution in [0.2, 0.25) is 0 Å². The average Bonchev–Trinajstić information content (AvgIpc) is 3.36. The van der Waals surface area contributed by atoms with Crippen molar-refractivity contribution in [2.75, 3.05) is 33.9 Å². The van der Waals surface area contributed by atoms with Crippen LogP contribution in [0.4, 0.5) is 0 Å². The molecule has 2 amide bonds. The van der Waals surface area contributed by atoms with Gasteiger partial charge in [-0.1, -0.05) is 30.3 Å². The van der Waals surface area contributed by atoms with Crippen LogP contribution in [-0.2, 0) is 11.2 Å². The molecular formula is C27H28N2O4S. The van der Waals surface area contributed by atoms with Gasteiger partial charge in [0.15, 0.2) is 0 Å². The van der Waals surface area contributed by atoms with Gasteiger partial charge >= 0.3 is 0 Å². The largest absolute Gasteiger partial charge is 0.497 e. The summed E-state index contributed by atoms with van der Waals surface area (Å²) < 4.78 is 10.7. The van der Waals surface area contributed by atoms with Crippen molar-refractivity contribution in [3.63, 3.8) is 0 Å². The molecule has 0 saturated heterocycles. The van der Waals surface area contributed by atoms with Gasteiger partial charge in [-0.05, 0) is 53.3 Å². The lowest BCUT2D eigenvalue weighted by Gasteiger charge is -2.37. The van der Waals surface area contributed by atoms with Crippen LogP contribution in [0.25, 0.3) is 0 Å². The average molecular weight is 477 g/mol. The lowest BCUT2D eigenvalue weighted by molar-refractivity contribution is -0.133. The number of para-hydroxylation sites is 1. The molecule has 0 aliphatic carbocycles. The number of ether oxygens (including phenoxy) is 2. The number of carbonyl (C=O) groups is 2. The maximum atomic E-state index is 13.7. The van der Waals surface area contributed by atoms with Gasteiger partial charge in [-0.3, -0.25) is 9.59 Å². The van der Waals surface area contributed by atoms with E-state index in [1.807, 2.05) is 35.2 Å². The predicted octanol–water partition coefficient (Wildman–Crippen LogP) is 4.57. The van der Waals surface area contributed by atoms with E-state index in [2.05, 4.69) is 18.0 Å². The first-order chi connectivity index (χ1) is 16.6. The summed E-state index contributed by atoms with van der Waals surface area (Å²) in [5.41, 5.74) is 2.58. The Morgan fingerprint density at radius 3 is 2.59 bits per heavy atom. The molecule has 34 heavy (non-hydrogen) atoms. The number of methoxy groups -OCH3 is 2. The zero-order chi connectivity index (χ0) is 24.1. The van der Waals surface area contributed by atoms with Crippen molar-refractivity contribution < 1.29 is 19.1 Å². The van der Waals surface area contributed by atoms with E-state index in [1.54, 1.807) is 42.7 Å². The van der Waals surface area contributed by atoms with Crippen LogP contribution in [0, 0.1) is 0 Å². The highest BCUT2D eigenvalue weighted by Gasteiger charge is 2.34. The minimum Gasteiger partial charge on any atom is -0.497 e. The molecule has 0 spiro atoms. The SMILES string of the molecule is C=CCN(CC(=O)N1CCc2sccc2C1c1ccc(OC)cc1)C(=O)c1ccccc1OC. The highest BCUT2D eigenvalue weighted by Crippen LogP contribution is 2.38. The number of amides is 2. The number of carbonyl (C=O) groups excluding carboxylic acids is 2. The van der Waals surface area contributed by atoms with E-state index in [9.17, 15) is 9.59 Å². The highest BCUT2D eigenvalue weighted by atomic mass is 32.1. The second kappa shape index (κ2) is 10.6. The van der Waals surface area contributed by atoms with E-state index in [0.29, 0.717) is 17.9 Å². The summed E-state index contributed by atoms with van der Waals surface area (Å²) in [6.45, 7) is 4.58. The molecule has 2 heterocycles. The first-order valence-electron chi connectivity index (χ1n) is 11.1. The minimum atomic E-state index is -0.264. The Kier molecular flexibility index (Phi) is 7.33. The van der Waals surface area contributed by atoms with Crippen molar-refractivity contribution in [3.8, 4) is 11.5 Å². The third-order valence-corrected chi connectivity index (χ3v) is 7.01. The molecular weight excluding hydrogens is 448 g/mol. The fourth-order valence-corrected chi connectivity index (χ4v) is 5.26. The molecule has 1 unspecified atom stereocenters. The molecule has 1 aliphatic rings. The van der Waals surface area contributed by atoms with E-state index < -0.39 is 0 Å². The molecule has 1 aliphatic heterocycles. The van der Waals surface area contributed by atoms with E-state index in [1.165, 1.54) is 16.9 Å². The number of rotatable bonds is 8. The third kappa shape index (κ3) is 4.70. The molecule has 0 bridgehead atoms. The molecule has 6 nitrogen and oxygen atoms in total. The molecule has 0 fully saturated rings. The summed E-state index contributed by atoms with van der Waals surface area (Å²) in [4.78, 5) is 31.7. The second-order valence-electron chi connectivity index (χ2n) is 7.99. The van der Waals surface area contributed by atoms with E-state index >= 15 is 0 Å². The van der Waals surface area contributed by atoms with Crippen molar-refractivity contribution in [1.29, 1.82) is 0 Å². The van der Waals surface area contributed by atoms with Gasteiger partial charge in [0.2, 0.25) is 5.91 Å². The van der Waals surface area contributed by atoms with Gasteiger partial charge in [-0.25, -0.2) is 0 Å². The number of thiophene rings is 1. The van der Waals surface area contributed by atoms with Crippen LogP contribution >= 0.6 is 11.3 Å². The number of hydrogen-bond acceptors (Lipinski definition) is 5. The summed E-state index contributed by atoms with van der Waals surface area (Å²) in [6, 6.07) is 16.7. The van der Waals surface area contributed by atoms with Crippen LogP contribution < -0.4 is 9.47 Å². The van der Waals surface area contributed by atoms with Gasteiger partial charge in [0.25, 0.3) is 5.91 Å². The lowest BCUT2D eigenvalue weighted by Crippen LogP contribution is -2.46. The summed E-state index contributed by atoms with van der Waals surface area (Å²) >= 11 is 1.72. The zero-order valence-corrected chi connectivity index (χ0v) is 20.2. The second-order valence-corrected chi connectivity index (χ2v) is 8.99. The van der Waals surface area contributed by atoms with Crippen LogP contribution in [0.3, 0.4) is 0 Å². The molecule has 0 radical (unpaired) electrons. The number of nitrogens with zero attached hydrogens (tertiary/aromatic N) is 2. The van der Waals surface area contributed by atoms with E-state index in [0.717, 1.165) is 23.3 Å². The quantitative estimate of drug-likeness (QED) is 0.447. The van der Waals surface area contributed by atoms with Crippen molar-refractivity contribution in [3.05, 3.63) is 94.2 Å². The molecule has 0 N–H and O–H groups in total. The van der Waals surface area contributed by atoms with Crippen molar-refractivity contribution in [2.24, 2.45) is 0 Å². The Labute approximate surface area is 204 Å². The fourth-order valence-electron chi connectivity index (χ4n) is 4.35. The first-order valence-corrected chi connectivity index (χ1v) is 12.0. The third-order valence-electron chi connectivity index (χ3n) is 6.02. The molecule has 2 aromatic carbocycles. The monoisotopic (exact) mass is 476 g/mol. The maximum absolute atomic E-state index is 13.7. The summed E-state index contributed by atoms with van der Waals surface area (Å²) in [5, 5.41) is 2.07. The summed E-state index contributed by atoms with van der Waals surface area (Å²) in [7, 11) is 3.16. The standard InChI is InChI=1S/C27H28N2O4S/c1-4-15-28(27(31)21-7-5-6-8-23(21)33-3)18-25(30)29-16-13-24-22(14-17-34-24)26(29)19-9-11-20(32-2)12-10-19/h4-12,14,17,26H,1,13,15-16,18H2,2-3H3. The number of benzene rings is 2. The summed E-state index contributed by atoms with van der Waals surface area (Å²) in [5.74, 6) is 0.872. The topological polar surface area (TPSA) is 59.1 Å². The molecule has 7 heteroatoms. The van der Waals surface area contributed by atoms with Gasteiger partial charge < -0.3 is 19.3 Å². The Hall–Kier alpha value is -3.58. The van der Waals surface area contributed by atoms with Crippen molar-refractivity contribution >= 4 is 23.2 Å². The smallest absolute Gasteiger partial charge is 0.258 e. The molecule has 3 aromatic rings. The lowest BCUT2D eigenvalue weighted by atomic mass is 9.93. The number of fused-ring (bicyclic) bond motifs is 1. The van der Waals surface area contributed by atoms with Crippen LogP contribution in [0.15, 0.2) is 72.6 Å². The van der Waals surface area contributed by atoms with Gasteiger partial charge in [0.1, 0.15) is 18.0 Å². The normalized spacial score (nSPS) is 14.8.